The van der Waals surface area contributed by atoms with Gasteiger partial charge in [-0.1, -0.05) is 97.1 Å². The van der Waals surface area contributed by atoms with Crippen molar-refractivity contribution in [2.24, 2.45) is 0 Å². The maximum atomic E-state index is 6.35. The maximum absolute atomic E-state index is 6.35. The minimum absolute atomic E-state index is 0.899. The Kier molecular flexibility index (Phi) is 5.47. The van der Waals surface area contributed by atoms with Crippen LogP contribution in [0.3, 0.4) is 0 Å². The van der Waals surface area contributed by atoms with Gasteiger partial charge in [0.15, 0.2) is 0 Å². The van der Waals surface area contributed by atoms with E-state index in [9.17, 15) is 0 Å². The molecule has 0 atom stereocenters. The summed E-state index contributed by atoms with van der Waals surface area (Å²) < 4.78 is 17.4. The van der Waals surface area contributed by atoms with Gasteiger partial charge < -0.3 is 18.0 Å². The minimum Gasteiger partial charge on any atom is -0.456 e. The SMILES string of the molecule is c1cc(-c2ccc(-n3c4ccccc4c4cc5c(cc43)oc3ccccc35)cc2)cc(-n2c3ccccc3c3cc4c(cc32)oc2ccccc24)c1. The highest BCUT2D eigenvalue weighted by Gasteiger charge is 2.18. The van der Waals surface area contributed by atoms with Gasteiger partial charge in [-0.15, -0.1) is 0 Å². The lowest BCUT2D eigenvalue weighted by Gasteiger charge is -2.12. The Morgan fingerprint density at radius 3 is 1.35 bits per heavy atom. The van der Waals surface area contributed by atoms with Gasteiger partial charge in [-0.05, 0) is 71.8 Å². The Morgan fingerprint density at radius 1 is 0.269 bits per heavy atom. The molecule has 0 bridgehead atoms. The Labute approximate surface area is 296 Å². The van der Waals surface area contributed by atoms with Gasteiger partial charge in [0.1, 0.15) is 22.3 Å². The van der Waals surface area contributed by atoms with E-state index in [0.717, 1.165) is 77.4 Å². The number of furan rings is 2. The van der Waals surface area contributed by atoms with E-state index < -0.39 is 0 Å². The summed E-state index contributed by atoms with van der Waals surface area (Å²) in [5.74, 6) is 0. The van der Waals surface area contributed by atoms with Gasteiger partial charge in [0.25, 0.3) is 0 Å². The van der Waals surface area contributed by atoms with Crippen LogP contribution in [0, 0.1) is 0 Å². The number of aromatic nitrogens is 2. The van der Waals surface area contributed by atoms with E-state index in [1.807, 2.05) is 24.3 Å². The molecule has 4 aromatic heterocycles. The average molecular weight is 665 g/mol. The molecule has 0 saturated carbocycles. The molecule has 0 unspecified atom stereocenters. The van der Waals surface area contributed by atoms with E-state index in [0.29, 0.717) is 0 Å². The summed E-state index contributed by atoms with van der Waals surface area (Å²) in [7, 11) is 0. The summed E-state index contributed by atoms with van der Waals surface area (Å²) in [6.45, 7) is 0. The van der Waals surface area contributed by atoms with E-state index in [1.54, 1.807) is 0 Å². The Hall–Kier alpha value is -7.04. The van der Waals surface area contributed by atoms with Crippen molar-refractivity contribution >= 4 is 87.5 Å². The predicted octanol–water partition coefficient (Wildman–Crippen LogP) is 13.3. The third-order valence-corrected chi connectivity index (χ3v) is 10.9. The molecular weight excluding hydrogens is 637 g/mol. The second-order valence-electron chi connectivity index (χ2n) is 13.7. The van der Waals surface area contributed by atoms with Crippen molar-refractivity contribution in [2.75, 3.05) is 0 Å². The molecule has 0 fully saturated rings. The third-order valence-electron chi connectivity index (χ3n) is 10.9. The van der Waals surface area contributed by atoms with Crippen LogP contribution in [-0.2, 0) is 0 Å². The topological polar surface area (TPSA) is 36.1 Å². The summed E-state index contributed by atoms with van der Waals surface area (Å²) in [5.41, 5.74) is 12.8. The molecule has 8 aromatic carbocycles. The molecule has 0 N–H and O–H groups in total. The zero-order valence-electron chi connectivity index (χ0n) is 27.9. The van der Waals surface area contributed by atoms with Crippen molar-refractivity contribution in [2.45, 2.75) is 0 Å². The van der Waals surface area contributed by atoms with E-state index in [1.165, 1.54) is 32.6 Å². The molecule has 4 heteroatoms. The van der Waals surface area contributed by atoms with Gasteiger partial charge in [-0.2, -0.15) is 0 Å². The molecule has 4 nitrogen and oxygen atoms in total. The second-order valence-corrected chi connectivity index (χ2v) is 13.7. The number of nitrogens with zero attached hydrogens (tertiary/aromatic N) is 2. The lowest BCUT2D eigenvalue weighted by molar-refractivity contribution is 0.669. The fraction of sp³-hybridized carbons (Fsp3) is 0. The highest BCUT2D eigenvalue weighted by molar-refractivity contribution is 6.18. The molecular formula is C48H28N2O2. The molecule has 0 amide bonds. The van der Waals surface area contributed by atoms with Crippen LogP contribution in [0.4, 0.5) is 0 Å². The fourth-order valence-corrected chi connectivity index (χ4v) is 8.56. The minimum atomic E-state index is 0.899. The number of rotatable bonds is 3. The van der Waals surface area contributed by atoms with Crippen LogP contribution in [0.5, 0.6) is 0 Å². The summed E-state index contributed by atoms with van der Waals surface area (Å²) >= 11 is 0. The van der Waals surface area contributed by atoms with Crippen LogP contribution in [0.1, 0.15) is 0 Å². The molecule has 0 spiro atoms. The molecule has 52 heavy (non-hydrogen) atoms. The summed E-state index contributed by atoms with van der Waals surface area (Å²) in [6.07, 6.45) is 0. The van der Waals surface area contributed by atoms with Crippen LogP contribution in [-0.4, -0.2) is 9.13 Å². The second kappa shape index (κ2) is 10.3. The monoisotopic (exact) mass is 664 g/mol. The largest absolute Gasteiger partial charge is 0.456 e. The van der Waals surface area contributed by atoms with Gasteiger partial charge in [0.05, 0.1) is 22.1 Å². The van der Waals surface area contributed by atoms with Crippen molar-refractivity contribution < 1.29 is 8.83 Å². The Balaban J connectivity index is 1.00. The van der Waals surface area contributed by atoms with Gasteiger partial charge in [0, 0.05) is 66.6 Å². The van der Waals surface area contributed by atoms with Gasteiger partial charge in [-0.3, -0.25) is 0 Å². The van der Waals surface area contributed by atoms with E-state index in [4.69, 9.17) is 8.83 Å². The Morgan fingerprint density at radius 2 is 0.769 bits per heavy atom. The average Bonchev–Trinajstić information content (AvgIpc) is 3.93. The van der Waals surface area contributed by atoms with Crippen LogP contribution < -0.4 is 0 Å². The predicted molar refractivity (Wildman–Crippen MR) is 215 cm³/mol. The number of hydrogen-bond donors (Lipinski definition) is 0. The quantitative estimate of drug-likeness (QED) is 0.188. The van der Waals surface area contributed by atoms with Crippen LogP contribution in [0.15, 0.2) is 179 Å². The van der Waals surface area contributed by atoms with Crippen LogP contribution in [0.25, 0.3) is 110 Å². The summed E-state index contributed by atoms with van der Waals surface area (Å²) in [4.78, 5) is 0. The standard InChI is InChI=1S/C48H28N2O2/c1-5-16-41-33(12-1)37-25-39-35-14-3-7-18-45(35)51-47(39)27-43(37)49(41)31-22-20-29(21-23-31)30-10-9-11-32(24-30)50-42-17-6-2-13-34(42)38-26-40-36-15-4-8-19-46(36)52-48(40)28-44(38)50/h1-28H. The molecule has 242 valence electrons. The van der Waals surface area contributed by atoms with E-state index in [2.05, 4.69) is 155 Å². The third kappa shape index (κ3) is 3.81. The highest BCUT2D eigenvalue weighted by Crippen LogP contribution is 2.40. The van der Waals surface area contributed by atoms with Gasteiger partial charge >= 0.3 is 0 Å². The first kappa shape index (κ1) is 27.7. The highest BCUT2D eigenvalue weighted by atomic mass is 16.3. The maximum Gasteiger partial charge on any atom is 0.137 e. The van der Waals surface area contributed by atoms with Crippen molar-refractivity contribution in [3.63, 3.8) is 0 Å². The normalized spacial score (nSPS) is 12.2. The first-order valence-corrected chi connectivity index (χ1v) is 17.7. The van der Waals surface area contributed by atoms with Gasteiger partial charge in [0.2, 0.25) is 0 Å². The first-order valence-electron chi connectivity index (χ1n) is 17.7. The fourth-order valence-electron chi connectivity index (χ4n) is 8.56. The lowest BCUT2D eigenvalue weighted by Crippen LogP contribution is -1.95. The summed E-state index contributed by atoms with van der Waals surface area (Å²) in [5, 5.41) is 9.47. The van der Waals surface area contributed by atoms with E-state index in [-0.39, 0.29) is 0 Å². The molecule has 0 aliphatic carbocycles. The van der Waals surface area contributed by atoms with Crippen LogP contribution in [0.2, 0.25) is 0 Å². The molecule has 12 aromatic rings. The number of para-hydroxylation sites is 4. The molecule has 0 saturated heterocycles. The van der Waals surface area contributed by atoms with E-state index >= 15 is 0 Å². The van der Waals surface area contributed by atoms with Crippen molar-refractivity contribution in [1.82, 2.24) is 9.13 Å². The molecule has 0 aliphatic rings. The van der Waals surface area contributed by atoms with Crippen molar-refractivity contribution in [1.29, 1.82) is 0 Å². The zero-order valence-corrected chi connectivity index (χ0v) is 27.9. The van der Waals surface area contributed by atoms with Crippen LogP contribution >= 0.6 is 0 Å². The molecule has 0 aliphatic heterocycles. The smallest absolute Gasteiger partial charge is 0.137 e. The first-order chi connectivity index (χ1) is 25.8. The van der Waals surface area contributed by atoms with Gasteiger partial charge in [-0.25, -0.2) is 0 Å². The number of benzene rings is 8. The van der Waals surface area contributed by atoms with Crippen molar-refractivity contribution in [3.8, 4) is 22.5 Å². The molecule has 12 rings (SSSR count). The summed E-state index contributed by atoms with van der Waals surface area (Å²) in [6, 6.07) is 60.7. The molecule has 4 heterocycles. The number of hydrogen-bond acceptors (Lipinski definition) is 2. The zero-order chi connectivity index (χ0) is 33.9. The number of fused-ring (bicyclic) bond motifs is 12. The molecule has 0 radical (unpaired) electrons. The Bertz CT molecular complexity index is 3410. The van der Waals surface area contributed by atoms with Crippen molar-refractivity contribution in [3.05, 3.63) is 170 Å². The lowest BCUT2D eigenvalue weighted by atomic mass is 10.0.